The van der Waals surface area contributed by atoms with E-state index in [0.29, 0.717) is 24.6 Å². The Hall–Kier alpha value is -3.58. The number of carbonyl (C=O) groups excluding carboxylic acids is 2. The van der Waals surface area contributed by atoms with Crippen molar-refractivity contribution in [3.8, 4) is 11.5 Å². The van der Waals surface area contributed by atoms with Crippen LogP contribution in [0.5, 0.6) is 11.5 Å². The van der Waals surface area contributed by atoms with Crippen molar-refractivity contribution in [2.45, 2.75) is 141 Å². The van der Waals surface area contributed by atoms with E-state index in [0.717, 1.165) is 37.1 Å². The highest BCUT2D eigenvalue weighted by Crippen LogP contribution is 2.20. The van der Waals surface area contributed by atoms with E-state index in [4.69, 9.17) is 9.47 Å². The minimum atomic E-state index is -0.576. The number of hydrogen-bond donors (Lipinski definition) is 8. The smallest absolute Gasteiger partial charge is 0.319 e. The van der Waals surface area contributed by atoms with Crippen LogP contribution in [-0.4, -0.2) is 83.9 Å². The van der Waals surface area contributed by atoms with Crippen molar-refractivity contribution >= 4 is 23.4 Å². The second kappa shape index (κ2) is 21.8. The molecular weight excluding hydrogens is 660 g/mol. The molecule has 4 amide bonds. The van der Waals surface area contributed by atoms with Crippen LogP contribution >= 0.6 is 0 Å². The minimum absolute atomic E-state index is 0.0352. The molecule has 2 aromatic carbocycles. The van der Waals surface area contributed by atoms with E-state index >= 15 is 0 Å². The maximum Gasteiger partial charge on any atom is 0.319 e. The minimum Gasteiger partial charge on any atom is -0.491 e. The number of carbonyl (C=O) groups is 2. The predicted molar refractivity (Wildman–Crippen MR) is 209 cm³/mol. The summed E-state index contributed by atoms with van der Waals surface area (Å²) in [6, 6.07) is 14.6. The van der Waals surface area contributed by atoms with Crippen LogP contribution < -0.4 is 41.4 Å². The number of urea groups is 2. The van der Waals surface area contributed by atoms with E-state index in [1.165, 1.54) is 38.5 Å². The van der Waals surface area contributed by atoms with Gasteiger partial charge < -0.3 is 51.6 Å². The Morgan fingerprint density at radius 2 is 0.923 bits per heavy atom. The highest BCUT2D eigenvalue weighted by atomic mass is 16.5. The molecule has 2 atom stereocenters. The Kier molecular flexibility index (Phi) is 18.0. The molecule has 0 aromatic heterocycles. The van der Waals surface area contributed by atoms with Crippen molar-refractivity contribution in [1.29, 1.82) is 0 Å². The van der Waals surface area contributed by atoms with E-state index < -0.39 is 12.2 Å². The van der Waals surface area contributed by atoms with Gasteiger partial charge in [-0.2, -0.15) is 0 Å². The van der Waals surface area contributed by atoms with Gasteiger partial charge in [-0.3, -0.25) is 0 Å². The van der Waals surface area contributed by atoms with Crippen LogP contribution in [0.4, 0.5) is 21.0 Å². The molecule has 12 nitrogen and oxygen atoms in total. The number of rotatable bonds is 14. The summed E-state index contributed by atoms with van der Waals surface area (Å²) in [6.07, 6.45) is 10.4. The lowest BCUT2D eigenvalue weighted by atomic mass is 9.96. The molecule has 2 aliphatic rings. The molecule has 292 valence electrons. The van der Waals surface area contributed by atoms with E-state index in [1.807, 2.05) is 0 Å². The van der Waals surface area contributed by atoms with Gasteiger partial charge in [-0.25, -0.2) is 9.59 Å². The molecule has 2 aliphatic carbocycles. The average Bonchev–Trinajstić information content (AvgIpc) is 3.10. The standard InChI is InChI=1S/2C20H33N3O3/c2*1-20(2,3)21-13-17(24)14-26-18-11-9-16(10-12-18)23-19(25)22-15-7-5-4-6-8-15/h2*9-12,15,17,21,24H,4-8,13-14H2,1-3H3,(H2,22,23,25). The van der Waals surface area contributed by atoms with Crippen molar-refractivity contribution in [2.75, 3.05) is 36.9 Å². The van der Waals surface area contributed by atoms with Crippen molar-refractivity contribution in [3.63, 3.8) is 0 Å². The molecule has 0 bridgehead atoms. The van der Waals surface area contributed by atoms with Crippen LogP contribution in [0.15, 0.2) is 48.5 Å². The van der Waals surface area contributed by atoms with Gasteiger partial charge in [-0.1, -0.05) is 38.5 Å². The molecule has 0 aliphatic heterocycles. The topological polar surface area (TPSA) is 165 Å². The monoisotopic (exact) mass is 727 g/mol. The van der Waals surface area contributed by atoms with E-state index in [2.05, 4.69) is 73.4 Å². The molecule has 0 spiro atoms. The molecule has 2 aromatic rings. The third-order valence-corrected chi connectivity index (χ3v) is 8.73. The summed E-state index contributed by atoms with van der Waals surface area (Å²) < 4.78 is 11.2. The van der Waals surface area contributed by atoms with Gasteiger partial charge in [0.2, 0.25) is 0 Å². The van der Waals surface area contributed by atoms with Gasteiger partial charge in [0, 0.05) is 47.6 Å². The number of aliphatic hydroxyl groups excluding tert-OH is 2. The normalized spacial score (nSPS) is 16.8. The van der Waals surface area contributed by atoms with E-state index in [-0.39, 0.29) is 48.4 Å². The zero-order chi connectivity index (χ0) is 38.0. The second-order valence-electron chi connectivity index (χ2n) is 16.1. The molecule has 4 rings (SSSR count). The SMILES string of the molecule is CC(C)(C)NCC(O)COc1ccc(NC(=O)NC2CCCCC2)cc1.CC(C)(C)NCC(O)COc1ccc(NC(=O)NC2CCCCC2)cc1. The molecular formula is C40H66N6O6. The van der Waals surface area contributed by atoms with Crippen LogP contribution in [0.1, 0.15) is 106 Å². The van der Waals surface area contributed by atoms with Crippen molar-refractivity contribution in [3.05, 3.63) is 48.5 Å². The van der Waals surface area contributed by atoms with Crippen molar-refractivity contribution in [2.24, 2.45) is 0 Å². The maximum absolute atomic E-state index is 12.0. The molecule has 0 radical (unpaired) electrons. The number of hydrogen-bond acceptors (Lipinski definition) is 8. The molecule has 2 saturated carbocycles. The average molecular weight is 727 g/mol. The van der Waals surface area contributed by atoms with E-state index in [9.17, 15) is 19.8 Å². The van der Waals surface area contributed by atoms with Crippen LogP contribution in [-0.2, 0) is 0 Å². The van der Waals surface area contributed by atoms with Gasteiger partial charge in [-0.15, -0.1) is 0 Å². The van der Waals surface area contributed by atoms with Crippen LogP contribution in [0.2, 0.25) is 0 Å². The third-order valence-electron chi connectivity index (χ3n) is 8.73. The number of β-amino-alcohol motifs (C(OH)–C–C–N with tert-alkyl or cyclic N) is 2. The van der Waals surface area contributed by atoms with Gasteiger partial charge in [-0.05, 0) is 116 Å². The molecule has 52 heavy (non-hydrogen) atoms. The fourth-order valence-electron chi connectivity index (χ4n) is 5.82. The first-order chi connectivity index (χ1) is 24.6. The fourth-order valence-corrected chi connectivity index (χ4v) is 5.82. The number of anilines is 2. The largest absolute Gasteiger partial charge is 0.491 e. The first kappa shape index (κ1) is 42.8. The molecule has 2 unspecified atom stereocenters. The van der Waals surface area contributed by atoms with Crippen molar-refractivity contribution < 1.29 is 29.3 Å². The third kappa shape index (κ3) is 19.3. The number of ether oxygens (including phenoxy) is 2. The summed E-state index contributed by atoms with van der Waals surface area (Å²) in [5.41, 5.74) is 1.38. The van der Waals surface area contributed by atoms with Gasteiger partial charge in [0.1, 0.15) is 36.9 Å². The summed E-state index contributed by atoms with van der Waals surface area (Å²) in [4.78, 5) is 24.1. The number of aliphatic hydroxyl groups is 2. The fraction of sp³-hybridized carbons (Fsp3) is 0.650. The summed E-state index contributed by atoms with van der Waals surface area (Å²) in [6.45, 7) is 13.7. The van der Waals surface area contributed by atoms with Gasteiger partial charge in [0.05, 0.1) is 0 Å². The molecule has 12 heteroatoms. The lowest BCUT2D eigenvalue weighted by Gasteiger charge is -2.23. The van der Waals surface area contributed by atoms with Crippen LogP contribution in [0.25, 0.3) is 0 Å². The van der Waals surface area contributed by atoms with Gasteiger partial charge >= 0.3 is 12.1 Å². The second-order valence-corrected chi connectivity index (χ2v) is 16.1. The predicted octanol–water partition coefficient (Wildman–Crippen LogP) is 6.54. The number of benzene rings is 2. The maximum atomic E-state index is 12.0. The Balaban J connectivity index is 0.000000280. The van der Waals surface area contributed by atoms with Gasteiger partial charge in [0.15, 0.2) is 0 Å². The van der Waals surface area contributed by atoms with Crippen LogP contribution in [0, 0.1) is 0 Å². The lowest BCUT2D eigenvalue weighted by molar-refractivity contribution is 0.100. The summed E-state index contributed by atoms with van der Waals surface area (Å²) >= 11 is 0. The Morgan fingerprint density at radius 3 is 1.23 bits per heavy atom. The molecule has 2 fully saturated rings. The quantitative estimate of drug-likeness (QED) is 0.109. The Morgan fingerprint density at radius 1 is 0.596 bits per heavy atom. The molecule has 8 N–H and O–H groups in total. The Bertz CT molecular complexity index is 1200. The first-order valence-corrected chi connectivity index (χ1v) is 19.1. The number of nitrogens with one attached hydrogen (secondary N) is 6. The highest BCUT2D eigenvalue weighted by Gasteiger charge is 2.18. The summed E-state index contributed by atoms with van der Waals surface area (Å²) in [5, 5.41) is 38.1. The van der Waals surface area contributed by atoms with Crippen molar-refractivity contribution in [1.82, 2.24) is 21.3 Å². The summed E-state index contributed by atoms with van der Waals surface area (Å²) in [5.74, 6) is 1.33. The molecule has 0 heterocycles. The zero-order valence-corrected chi connectivity index (χ0v) is 32.4. The number of amides is 4. The van der Waals surface area contributed by atoms with Gasteiger partial charge in [0.25, 0.3) is 0 Å². The van der Waals surface area contributed by atoms with E-state index in [1.54, 1.807) is 48.5 Å². The highest BCUT2D eigenvalue weighted by molar-refractivity contribution is 5.90. The first-order valence-electron chi connectivity index (χ1n) is 19.1. The Labute approximate surface area is 311 Å². The zero-order valence-electron chi connectivity index (χ0n) is 32.4. The van der Waals surface area contributed by atoms with Crippen LogP contribution in [0.3, 0.4) is 0 Å². The lowest BCUT2D eigenvalue weighted by Crippen LogP contribution is -2.42. The molecule has 0 saturated heterocycles. The summed E-state index contributed by atoms with van der Waals surface area (Å²) in [7, 11) is 0.